The number of anilines is 1. The third-order valence-corrected chi connectivity index (χ3v) is 2.62. The Morgan fingerprint density at radius 2 is 2.11 bits per heavy atom. The minimum atomic E-state index is 0.176. The number of pyridine rings is 1. The van der Waals surface area contributed by atoms with E-state index in [0.717, 1.165) is 0 Å². The summed E-state index contributed by atoms with van der Waals surface area (Å²) < 4.78 is 5.37. The lowest BCUT2D eigenvalue weighted by molar-refractivity contribution is -0.377. The third-order valence-electron chi connectivity index (χ3n) is 2.62. The normalized spacial score (nSPS) is 9.63. The van der Waals surface area contributed by atoms with E-state index in [-0.39, 0.29) is 22.8 Å². The summed E-state index contributed by atoms with van der Waals surface area (Å²) in [6.45, 7) is 2.19. The topological polar surface area (TPSA) is 113 Å². The van der Waals surface area contributed by atoms with Crippen LogP contribution in [0.1, 0.15) is 18.1 Å². The van der Waals surface area contributed by atoms with Gasteiger partial charge in [0.2, 0.25) is 0 Å². The fraction of sp³-hybridized carbons (Fsp3) is 0.154. The molecular formula is C13H12N5O+. The highest BCUT2D eigenvalue weighted by molar-refractivity contribution is 5.78. The number of H-pyrrole nitrogens is 2. The predicted octanol–water partition coefficient (Wildman–Crippen LogP) is 1.22. The van der Waals surface area contributed by atoms with Crippen LogP contribution >= 0.6 is 0 Å². The van der Waals surface area contributed by atoms with Gasteiger partial charge in [-0.15, -0.1) is 0 Å². The zero-order chi connectivity index (χ0) is 13.8. The minimum Gasteiger partial charge on any atom is -0.462 e. The van der Waals surface area contributed by atoms with Crippen LogP contribution in [0.25, 0.3) is 11.3 Å². The smallest absolute Gasteiger partial charge is 0.301 e. The van der Waals surface area contributed by atoms with Crippen LogP contribution in [0, 0.1) is 22.7 Å². The second kappa shape index (κ2) is 5.11. The first kappa shape index (κ1) is 12.5. The number of aromatic amines is 2. The van der Waals surface area contributed by atoms with Crippen LogP contribution < -0.4 is 15.5 Å². The van der Waals surface area contributed by atoms with Crippen LogP contribution in [0.2, 0.25) is 0 Å². The summed E-state index contributed by atoms with van der Waals surface area (Å²) in [5.41, 5.74) is 7.40. The van der Waals surface area contributed by atoms with Crippen LogP contribution in [-0.2, 0) is 0 Å². The molecule has 94 valence electrons. The number of rotatable bonds is 3. The molecule has 6 nitrogen and oxygen atoms in total. The van der Waals surface area contributed by atoms with Gasteiger partial charge in [0, 0.05) is 17.5 Å². The number of nitrogen functional groups attached to an aromatic ring is 1. The second-order valence-electron chi connectivity index (χ2n) is 3.73. The van der Waals surface area contributed by atoms with E-state index in [4.69, 9.17) is 10.5 Å². The Morgan fingerprint density at radius 1 is 1.37 bits per heavy atom. The minimum absolute atomic E-state index is 0.176. The molecule has 6 heteroatoms. The molecule has 0 aromatic carbocycles. The van der Waals surface area contributed by atoms with E-state index in [9.17, 15) is 10.5 Å². The van der Waals surface area contributed by atoms with Crippen molar-refractivity contribution < 1.29 is 9.72 Å². The van der Waals surface area contributed by atoms with E-state index >= 15 is 0 Å². The maximum atomic E-state index is 9.32. The molecule has 4 N–H and O–H groups in total. The molecule has 2 heterocycles. The van der Waals surface area contributed by atoms with Crippen molar-refractivity contribution in [2.45, 2.75) is 6.92 Å². The number of nitrogens with zero attached hydrogens (tertiary/aromatic N) is 2. The van der Waals surface area contributed by atoms with Crippen molar-refractivity contribution in [2.24, 2.45) is 0 Å². The number of ether oxygens (including phenoxy) is 1. The van der Waals surface area contributed by atoms with Gasteiger partial charge in [-0.3, -0.25) is 5.73 Å². The number of nitrogens with one attached hydrogen (secondary N) is 2. The summed E-state index contributed by atoms with van der Waals surface area (Å²) in [6, 6.07) is 7.62. The number of nitrogens with two attached hydrogens (primary N) is 1. The van der Waals surface area contributed by atoms with Gasteiger partial charge in [-0.05, 0) is 19.1 Å². The van der Waals surface area contributed by atoms with Crippen LogP contribution in [0.15, 0.2) is 18.3 Å². The molecule has 0 aliphatic heterocycles. The van der Waals surface area contributed by atoms with Crippen LogP contribution in [0.4, 0.5) is 5.82 Å². The number of nitriles is 2. The maximum absolute atomic E-state index is 9.32. The van der Waals surface area contributed by atoms with Gasteiger partial charge in [0.15, 0.2) is 5.56 Å². The highest BCUT2D eigenvalue weighted by Gasteiger charge is 2.24. The van der Waals surface area contributed by atoms with Crippen molar-refractivity contribution in [3.05, 3.63) is 29.5 Å². The van der Waals surface area contributed by atoms with Gasteiger partial charge in [0.05, 0.1) is 6.61 Å². The van der Waals surface area contributed by atoms with E-state index < -0.39 is 0 Å². The summed E-state index contributed by atoms with van der Waals surface area (Å²) >= 11 is 0. The maximum Gasteiger partial charge on any atom is 0.301 e. The first-order valence-corrected chi connectivity index (χ1v) is 5.68. The summed E-state index contributed by atoms with van der Waals surface area (Å²) in [5, 5.41) is 18.5. The molecule has 0 saturated carbocycles. The third kappa shape index (κ3) is 2.07. The van der Waals surface area contributed by atoms with Crippen molar-refractivity contribution in [2.75, 3.05) is 12.3 Å². The van der Waals surface area contributed by atoms with Gasteiger partial charge in [-0.25, -0.2) is 4.98 Å². The molecular weight excluding hydrogens is 242 g/mol. The Balaban J connectivity index is 2.81. The van der Waals surface area contributed by atoms with E-state index in [2.05, 4.69) is 16.0 Å². The molecule has 0 fully saturated rings. The van der Waals surface area contributed by atoms with Crippen LogP contribution in [0.5, 0.6) is 5.88 Å². The SMILES string of the molecule is CCOc1[nH+]c(N)c(C#N)c(-c2ccc[nH]2)c1C#N. The zero-order valence-corrected chi connectivity index (χ0v) is 10.3. The van der Waals surface area contributed by atoms with E-state index in [0.29, 0.717) is 17.9 Å². The van der Waals surface area contributed by atoms with E-state index in [1.807, 2.05) is 6.07 Å². The van der Waals surface area contributed by atoms with Crippen LogP contribution in [-0.4, -0.2) is 11.6 Å². The van der Waals surface area contributed by atoms with Crippen molar-refractivity contribution in [1.29, 1.82) is 10.5 Å². The molecule has 2 rings (SSSR count). The molecule has 0 aliphatic rings. The quantitative estimate of drug-likeness (QED) is 0.857. The number of aromatic nitrogens is 2. The van der Waals surface area contributed by atoms with Gasteiger partial charge in [-0.1, -0.05) is 0 Å². The van der Waals surface area contributed by atoms with E-state index in [1.165, 1.54) is 0 Å². The number of hydrogen-bond acceptors (Lipinski definition) is 4. The summed E-state index contributed by atoms with van der Waals surface area (Å²) in [7, 11) is 0. The fourth-order valence-electron chi connectivity index (χ4n) is 1.85. The van der Waals surface area contributed by atoms with E-state index in [1.54, 1.807) is 25.3 Å². The van der Waals surface area contributed by atoms with Crippen molar-refractivity contribution in [1.82, 2.24) is 4.98 Å². The van der Waals surface area contributed by atoms with Crippen molar-refractivity contribution >= 4 is 5.82 Å². The Labute approximate surface area is 110 Å². The Morgan fingerprint density at radius 3 is 2.63 bits per heavy atom. The molecule has 0 radical (unpaired) electrons. The lowest BCUT2D eigenvalue weighted by Gasteiger charge is -2.08. The van der Waals surface area contributed by atoms with Gasteiger partial charge < -0.3 is 9.72 Å². The molecule has 2 aromatic heterocycles. The van der Waals surface area contributed by atoms with Crippen molar-refractivity contribution in [3.63, 3.8) is 0 Å². The number of hydrogen-bond donors (Lipinski definition) is 2. The molecule has 2 aromatic rings. The second-order valence-corrected chi connectivity index (χ2v) is 3.73. The molecule has 0 saturated heterocycles. The van der Waals surface area contributed by atoms with Crippen molar-refractivity contribution in [3.8, 4) is 29.3 Å². The molecule has 0 spiro atoms. The Kier molecular flexibility index (Phi) is 3.35. The molecule has 0 unspecified atom stereocenters. The largest absolute Gasteiger partial charge is 0.462 e. The van der Waals surface area contributed by atoms with Gasteiger partial charge in [0.25, 0.3) is 5.82 Å². The Hall–Kier alpha value is -2.99. The summed E-state index contributed by atoms with van der Waals surface area (Å²) in [4.78, 5) is 5.72. The first-order chi connectivity index (χ1) is 9.22. The van der Waals surface area contributed by atoms with Crippen LogP contribution in [0.3, 0.4) is 0 Å². The highest BCUT2D eigenvalue weighted by Crippen LogP contribution is 2.31. The summed E-state index contributed by atoms with van der Waals surface area (Å²) in [6.07, 6.45) is 1.71. The van der Waals surface area contributed by atoms with Gasteiger partial charge in [-0.2, -0.15) is 10.5 Å². The fourth-order valence-corrected chi connectivity index (χ4v) is 1.85. The average Bonchev–Trinajstić information content (AvgIpc) is 2.92. The molecule has 0 amide bonds. The van der Waals surface area contributed by atoms with Gasteiger partial charge in [0.1, 0.15) is 17.7 Å². The molecule has 19 heavy (non-hydrogen) atoms. The molecule has 0 atom stereocenters. The zero-order valence-electron chi connectivity index (χ0n) is 10.3. The highest BCUT2D eigenvalue weighted by atomic mass is 16.5. The molecule has 0 aliphatic carbocycles. The standard InChI is InChI=1S/C13H11N5O/c1-2-19-13-9(7-15)11(10-4-3-5-17-10)8(6-14)12(16)18-13/h3-5,17H,2H2,1H3,(H2,16,18)/p+1. The predicted molar refractivity (Wildman–Crippen MR) is 67.8 cm³/mol. The Bertz CT molecular complexity index is 677. The van der Waals surface area contributed by atoms with Gasteiger partial charge >= 0.3 is 5.88 Å². The monoisotopic (exact) mass is 254 g/mol. The average molecular weight is 254 g/mol. The lowest BCUT2D eigenvalue weighted by Crippen LogP contribution is -2.19. The first-order valence-electron chi connectivity index (χ1n) is 5.68. The molecule has 0 bridgehead atoms. The summed E-state index contributed by atoms with van der Waals surface area (Å²) in [5.74, 6) is 0.445. The lowest BCUT2D eigenvalue weighted by atomic mass is 10.0.